The Hall–Kier alpha value is -2.05. The Bertz CT molecular complexity index is 520. The SMILES string of the molecule is CN(Cc1cnn(C)c1)C(=O)NCC1(C(=O)O)CCCC1. The van der Waals surface area contributed by atoms with Crippen molar-refractivity contribution in [2.24, 2.45) is 12.5 Å². The second kappa shape index (κ2) is 6.15. The summed E-state index contributed by atoms with van der Waals surface area (Å²) in [5, 5.41) is 16.2. The Labute approximate surface area is 123 Å². The molecular weight excluding hydrogens is 272 g/mol. The van der Waals surface area contributed by atoms with Crippen LogP contribution in [0.4, 0.5) is 4.79 Å². The normalized spacial score (nSPS) is 16.7. The monoisotopic (exact) mass is 294 g/mol. The second-order valence-corrected chi connectivity index (χ2v) is 5.83. The maximum absolute atomic E-state index is 12.1. The largest absolute Gasteiger partial charge is 0.481 e. The van der Waals surface area contributed by atoms with Gasteiger partial charge in [-0.25, -0.2) is 4.79 Å². The van der Waals surface area contributed by atoms with Gasteiger partial charge in [0.1, 0.15) is 0 Å². The third-order valence-corrected chi connectivity index (χ3v) is 4.12. The number of amides is 2. The average molecular weight is 294 g/mol. The first-order chi connectivity index (χ1) is 9.93. The van der Waals surface area contributed by atoms with Gasteiger partial charge in [0.25, 0.3) is 0 Å². The van der Waals surface area contributed by atoms with E-state index in [1.165, 1.54) is 4.90 Å². The molecule has 116 valence electrons. The molecule has 2 rings (SSSR count). The van der Waals surface area contributed by atoms with Gasteiger partial charge in [-0.2, -0.15) is 5.10 Å². The zero-order valence-electron chi connectivity index (χ0n) is 12.5. The van der Waals surface area contributed by atoms with E-state index in [-0.39, 0.29) is 12.6 Å². The zero-order chi connectivity index (χ0) is 15.5. The molecule has 1 aromatic rings. The fourth-order valence-corrected chi connectivity index (χ4v) is 2.80. The molecule has 7 heteroatoms. The third-order valence-electron chi connectivity index (χ3n) is 4.12. The predicted octanol–water partition coefficient (Wildman–Crippen LogP) is 1.21. The number of carboxylic acid groups (broad SMARTS) is 1. The molecule has 21 heavy (non-hydrogen) atoms. The van der Waals surface area contributed by atoms with Crippen LogP contribution in [0.25, 0.3) is 0 Å². The van der Waals surface area contributed by atoms with Crippen LogP contribution < -0.4 is 5.32 Å². The van der Waals surface area contributed by atoms with E-state index in [2.05, 4.69) is 10.4 Å². The van der Waals surface area contributed by atoms with Crippen LogP contribution >= 0.6 is 0 Å². The molecule has 0 radical (unpaired) electrons. The summed E-state index contributed by atoms with van der Waals surface area (Å²) in [6.07, 6.45) is 6.64. The van der Waals surface area contributed by atoms with E-state index in [1.54, 1.807) is 17.9 Å². The van der Waals surface area contributed by atoms with E-state index in [0.717, 1.165) is 18.4 Å². The lowest BCUT2D eigenvalue weighted by Crippen LogP contribution is -2.45. The third kappa shape index (κ3) is 3.53. The molecule has 0 spiro atoms. The fraction of sp³-hybridized carbons (Fsp3) is 0.643. The fourth-order valence-electron chi connectivity index (χ4n) is 2.80. The van der Waals surface area contributed by atoms with E-state index in [1.807, 2.05) is 13.2 Å². The van der Waals surface area contributed by atoms with Gasteiger partial charge in [0.15, 0.2) is 0 Å². The van der Waals surface area contributed by atoms with Crippen LogP contribution in [0.3, 0.4) is 0 Å². The van der Waals surface area contributed by atoms with Crippen molar-refractivity contribution in [2.45, 2.75) is 32.2 Å². The van der Waals surface area contributed by atoms with Gasteiger partial charge in [-0.05, 0) is 12.8 Å². The van der Waals surface area contributed by atoms with Crippen LogP contribution in [-0.2, 0) is 18.4 Å². The highest BCUT2D eigenvalue weighted by Gasteiger charge is 2.41. The minimum Gasteiger partial charge on any atom is -0.481 e. The maximum atomic E-state index is 12.1. The summed E-state index contributed by atoms with van der Waals surface area (Å²) >= 11 is 0. The molecule has 0 saturated heterocycles. The Morgan fingerprint density at radius 3 is 2.67 bits per heavy atom. The van der Waals surface area contributed by atoms with E-state index >= 15 is 0 Å². The first kappa shape index (κ1) is 15.3. The van der Waals surface area contributed by atoms with Crippen molar-refractivity contribution in [3.63, 3.8) is 0 Å². The topological polar surface area (TPSA) is 87.5 Å². The van der Waals surface area contributed by atoms with Gasteiger partial charge in [0, 0.05) is 32.4 Å². The average Bonchev–Trinajstić information content (AvgIpc) is 3.06. The molecule has 1 aromatic heterocycles. The minimum absolute atomic E-state index is 0.193. The number of nitrogens with one attached hydrogen (secondary N) is 1. The van der Waals surface area contributed by atoms with Gasteiger partial charge < -0.3 is 15.3 Å². The molecule has 0 bridgehead atoms. The van der Waals surface area contributed by atoms with Crippen LogP contribution in [0, 0.1) is 5.41 Å². The van der Waals surface area contributed by atoms with Gasteiger partial charge in [-0.3, -0.25) is 9.48 Å². The first-order valence-corrected chi connectivity index (χ1v) is 7.13. The number of urea groups is 1. The van der Waals surface area contributed by atoms with Crippen molar-refractivity contribution in [3.05, 3.63) is 18.0 Å². The van der Waals surface area contributed by atoms with Gasteiger partial charge in [-0.1, -0.05) is 12.8 Å². The number of aliphatic carboxylic acids is 1. The van der Waals surface area contributed by atoms with Crippen molar-refractivity contribution >= 4 is 12.0 Å². The molecule has 1 aliphatic rings. The summed E-state index contributed by atoms with van der Waals surface area (Å²) in [5.74, 6) is -0.810. The molecule has 1 aliphatic carbocycles. The number of carbonyl (C=O) groups is 2. The van der Waals surface area contributed by atoms with E-state index in [0.29, 0.717) is 19.4 Å². The van der Waals surface area contributed by atoms with Gasteiger partial charge in [-0.15, -0.1) is 0 Å². The summed E-state index contributed by atoms with van der Waals surface area (Å²) in [6, 6.07) is -0.258. The first-order valence-electron chi connectivity index (χ1n) is 7.13. The van der Waals surface area contributed by atoms with Gasteiger partial charge >= 0.3 is 12.0 Å². The summed E-state index contributed by atoms with van der Waals surface area (Å²) in [7, 11) is 3.50. The number of carboxylic acids is 1. The lowest BCUT2D eigenvalue weighted by Gasteiger charge is -2.26. The molecule has 7 nitrogen and oxygen atoms in total. The second-order valence-electron chi connectivity index (χ2n) is 5.83. The van der Waals surface area contributed by atoms with Crippen molar-refractivity contribution in [1.82, 2.24) is 20.0 Å². The molecule has 1 saturated carbocycles. The minimum atomic E-state index is -0.810. The molecular formula is C14H22N4O3. The quantitative estimate of drug-likeness (QED) is 0.854. The maximum Gasteiger partial charge on any atom is 0.317 e. The number of hydrogen-bond donors (Lipinski definition) is 2. The number of aryl methyl sites for hydroxylation is 1. The number of carbonyl (C=O) groups excluding carboxylic acids is 1. The van der Waals surface area contributed by atoms with E-state index in [9.17, 15) is 14.7 Å². The summed E-state index contributed by atoms with van der Waals surface area (Å²) in [4.78, 5) is 25.0. The highest BCUT2D eigenvalue weighted by atomic mass is 16.4. The lowest BCUT2D eigenvalue weighted by atomic mass is 9.86. The molecule has 0 atom stereocenters. The van der Waals surface area contributed by atoms with Gasteiger partial charge in [0.2, 0.25) is 0 Å². The van der Waals surface area contributed by atoms with Crippen LogP contribution in [0.1, 0.15) is 31.2 Å². The number of rotatable bonds is 5. The Morgan fingerprint density at radius 2 is 2.14 bits per heavy atom. The molecule has 2 amide bonds. The smallest absolute Gasteiger partial charge is 0.317 e. The highest BCUT2D eigenvalue weighted by Crippen LogP contribution is 2.37. The van der Waals surface area contributed by atoms with Gasteiger partial charge in [0.05, 0.1) is 18.2 Å². The molecule has 0 unspecified atom stereocenters. The molecule has 0 aromatic carbocycles. The van der Waals surface area contributed by atoms with Crippen molar-refractivity contribution in [1.29, 1.82) is 0 Å². The van der Waals surface area contributed by atoms with E-state index < -0.39 is 11.4 Å². The number of aromatic nitrogens is 2. The number of nitrogens with zero attached hydrogens (tertiary/aromatic N) is 3. The van der Waals surface area contributed by atoms with Crippen molar-refractivity contribution in [3.8, 4) is 0 Å². The van der Waals surface area contributed by atoms with Crippen LogP contribution in [0.5, 0.6) is 0 Å². The predicted molar refractivity (Wildman–Crippen MR) is 76.6 cm³/mol. The molecule has 0 aliphatic heterocycles. The van der Waals surface area contributed by atoms with Crippen molar-refractivity contribution < 1.29 is 14.7 Å². The van der Waals surface area contributed by atoms with Crippen LogP contribution in [-0.4, -0.2) is 45.4 Å². The zero-order valence-corrected chi connectivity index (χ0v) is 12.5. The van der Waals surface area contributed by atoms with Crippen molar-refractivity contribution in [2.75, 3.05) is 13.6 Å². The molecule has 2 N–H and O–H groups in total. The highest BCUT2D eigenvalue weighted by molar-refractivity contribution is 5.78. The Kier molecular flexibility index (Phi) is 4.50. The standard InChI is InChI=1S/C14H22N4O3/c1-17(8-11-7-16-18(2)9-11)13(21)15-10-14(12(19)20)5-3-4-6-14/h7,9H,3-6,8,10H2,1-2H3,(H,15,21)(H,19,20). The lowest BCUT2D eigenvalue weighted by molar-refractivity contribution is -0.148. The molecule has 1 heterocycles. The van der Waals surface area contributed by atoms with Crippen LogP contribution in [0.15, 0.2) is 12.4 Å². The van der Waals surface area contributed by atoms with E-state index in [4.69, 9.17) is 0 Å². The summed E-state index contributed by atoms with van der Waals surface area (Å²) < 4.78 is 1.68. The van der Waals surface area contributed by atoms with Crippen LogP contribution in [0.2, 0.25) is 0 Å². The summed E-state index contributed by atoms with van der Waals surface area (Å²) in [6.45, 7) is 0.637. The molecule has 1 fully saturated rings. The Morgan fingerprint density at radius 1 is 1.48 bits per heavy atom. The Balaban J connectivity index is 1.87. The number of hydrogen-bond acceptors (Lipinski definition) is 3. The summed E-state index contributed by atoms with van der Waals surface area (Å²) in [5.41, 5.74) is 0.147.